The Hall–Kier alpha value is -2.87. The molecule has 1 aliphatic heterocycles. The number of carbonyl (C=O) groups is 1. The molecule has 8 nitrogen and oxygen atoms in total. The average Bonchev–Trinajstić information content (AvgIpc) is 3.08. The fourth-order valence-corrected chi connectivity index (χ4v) is 3.75. The van der Waals surface area contributed by atoms with Gasteiger partial charge in [-0.2, -0.15) is 5.10 Å². The van der Waals surface area contributed by atoms with E-state index in [4.69, 9.17) is 16.1 Å². The topological polar surface area (TPSA) is 84.5 Å². The smallest absolute Gasteiger partial charge is 0.297 e. The number of benzene rings is 1. The summed E-state index contributed by atoms with van der Waals surface area (Å²) in [6.45, 7) is 5.95. The maximum absolute atomic E-state index is 12.7. The van der Waals surface area contributed by atoms with E-state index in [0.717, 1.165) is 5.69 Å². The molecule has 3 aromatic rings. The molecule has 0 spiro atoms. The van der Waals surface area contributed by atoms with Gasteiger partial charge in [-0.15, -0.1) is 0 Å². The van der Waals surface area contributed by atoms with Crippen LogP contribution >= 0.6 is 11.6 Å². The van der Waals surface area contributed by atoms with E-state index in [1.807, 2.05) is 24.3 Å². The number of fused-ring (bicyclic) bond motifs is 1. The predicted octanol–water partition coefficient (Wildman–Crippen LogP) is 2.00. The van der Waals surface area contributed by atoms with Crippen molar-refractivity contribution in [2.75, 3.05) is 31.1 Å². The number of hydrogen-bond acceptors (Lipinski definition) is 6. The molecule has 0 N–H and O–H groups in total. The molecule has 28 heavy (non-hydrogen) atoms. The molecule has 9 heteroatoms. The van der Waals surface area contributed by atoms with Gasteiger partial charge in [0.2, 0.25) is 5.91 Å². The van der Waals surface area contributed by atoms with Crippen molar-refractivity contribution in [3.8, 4) is 0 Å². The lowest BCUT2D eigenvalue weighted by molar-refractivity contribution is -0.132. The fraction of sp³-hybridized carbons (Fsp3) is 0.368. The summed E-state index contributed by atoms with van der Waals surface area (Å²) in [6.07, 6.45) is 0. The largest absolute Gasteiger partial charge is 0.368 e. The minimum Gasteiger partial charge on any atom is -0.368 e. The normalized spacial score (nSPS) is 14.7. The van der Waals surface area contributed by atoms with Crippen molar-refractivity contribution in [2.24, 2.45) is 0 Å². The van der Waals surface area contributed by atoms with Gasteiger partial charge in [0.05, 0.1) is 11.1 Å². The predicted molar refractivity (Wildman–Crippen MR) is 106 cm³/mol. The Kier molecular flexibility index (Phi) is 4.80. The van der Waals surface area contributed by atoms with Gasteiger partial charge in [-0.3, -0.25) is 9.59 Å². The molecule has 3 heterocycles. The Morgan fingerprint density at radius 3 is 2.68 bits per heavy atom. The SMILES string of the molecule is Cc1nn(CC(=O)N2CCN(c3cccc(Cl)c3)CC2)c(=O)c2noc(C)c12. The summed E-state index contributed by atoms with van der Waals surface area (Å²) < 4.78 is 6.27. The number of hydrogen-bond donors (Lipinski definition) is 0. The van der Waals surface area contributed by atoms with E-state index in [9.17, 15) is 9.59 Å². The highest BCUT2D eigenvalue weighted by Gasteiger charge is 2.23. The van der Waals surface area contributed by atoms with Crippen LogP contribution in [0.15, 0.2) is 33.6 Å². The number of carbonyl (C=O) groups excluding carboxylic acids is 1. The molecule has 4 rings (SSSR count). The average molecular weight is 402 g/mol. The lowest BCUT2D eigenvalue weighted by Crippen LogP contribution is -2.50. The third kappa shape index (κ3) is 3.35. The summed E-state index contributed by atoms with van der Waals surface area (Å²) >= 11 is 6.06. The molecule has 2 aromatic heterocycles. The maximum atomic E-state index is 12.7. The number of anilines is 1. The van der Waals surface area contributed by atoms with Crippen LogP contribution in [0.25, 0.3) is 10.9 Å². The lowest BCUT2D eigenvalue weighted by Gasteiger charge is -2.36. The van der Waals surface area contributed by atoms with Gasteiger partial charge in [-0.05, 0) is 32.0 Å². The molecule has 0 unspecified atom stereocenters. The minimum atomic E-state index is -0.414. The van der Waals surface area contributed by atoms with Gasteiger partial charge in [0.1, 0.15) is 12.3 Å². The van der Waals surface area contributed by atoms with Crippen LogP contribution in [0.4, 0.5) is 5.69 Å². The molecule has 1 fully saturated rings. The number of aryl methyl sites for hydroxylation is 2. The van der Waals surface area contributed by atoms with Gasteiger partial charge in [0, 0.05) is 36.9 Å². The van der Waals surface area contributed by atoms with Crippen LogP contribution in [0.5, 0.6) is 0 Å². The van der Waals surface area contributed by atoms with Crippen LogP contribution in [0.2, 0.25) is 5.02 Å². The van der Waals surface area contributed by atoms with E-state index in [2.05, 4.69) is 15.2 Å². The first-order valence-corrected chi connectivity index (χ1v) is 9.44. The van der Waals surface area contributed by atoms with Crippen molar-refractivity contribution < 1.29 is 9.32 Å². The molecular formula is C19H20ClN5O3. The monoisotopic (exact) mass is 401 g/mol. The zero-order chi connectivity index (χ0) is 19.8. The highest BCUT2D eigenvalue weighted by Crippen LogP contribution is 2.21. The van der Waals surface area contributed by atoms with E-state index in [0.29, 0.717) is 48.0 Å². The molecule has 0 bridgehead atoms. The van der Waals surface area contributed by atoms with Crippen molar-refractivity contribution in [2.45, 2.75) is 20.4 Å². The molecule has 1 saturated heterocycles. The first kappa shape index (κ1) is 18.5. The maximum Gasteiger partial charge on any atom is 0.297 e. The second kappa shape index (κ2) is 7.27. The van der Waals surface area contributed by atoms with E-state index >= 15 is 0 Å². The number of halogens is 1. The second-order valence-electron chi connectivity index (χ2n) is 6.86. The van der Waals surface area contributed by atoms with Crippen molar-refractivity contribution in [1.82, 2.24) is 19.8 Å². The zero-order valence-corrected chi connectivity index (χ0v) is 16.4. The number of piperazine rings is 1. The highest BCUT2D eigenvalue weighted by molar-refractivity contribution is 6.30. The summed E-state index contributed by atoms with van der Waals surface area (Å²) in [5, 5.41) is 9.40. The summed E-state index contributed by atoms with van der Waals surface area (Å²) in [6, 6.07) is 7.67. The minimum absolute atomic E-state index is 0.112. The summed E-state index contributed by atoms with van der Waals surface area (Å²) in [4.78, 5) is 29.2. The molecule has 1 aliphatic rings. The number of amides is 1. The van der Waals surface area contributed by atoms with Crippen LogP contribution in [-0.4, -0.2) is 51.9 Å². The van der Waals surface area contributed by atoms with Crippen LogP contribution in [-0.2, 0) is 11.3 Å². The molecule has 0 atom stereocenters. The van der Waals surface area contributed by atoms with E-state index < -0.39 is 5.56 Å². The molecule has 146 valence electrons. The van der Waals surface area contributed by atoms with Crippen LogP contribution in [0, 0.1) is 13.8 Å². The lowest BCUT2D eigenvalue weighted by atomic mass is 10.2. The van der Waals surface area contributed by atoms with Gasteiger partial charge in [0.25, 0.3) is 5.56 Å². The van der Waals surface area contributed by atoms with E-state index in [1.165, 1.54) is 4.68 Å². The first-order valence-electron chi connectivity index (χ1n) is 9.06. The van der Waals surface area contributed by atoms with E-state index in [1.54, 1.807) is 18.7 Å². The standard InChI is InChI=1S/C19H20ClN5O3/c1-12-17-13(2)28-22-18(17)19(27)25(21-12)11-16(26)24-8-6-23(7-9-24)15-5-3-4-14(20)10-15/h3-5,10H,6-9,11H2,1-2H3. The molecule has 1 amide bonds. The summed E-state index contributed by atoms with van der Waals surface area (Å²) in [7, 11) is 0. The van der Waals surface area contributed by atoms with Gasteiger partial charge in [0.15, 0.2) is 5.52 Å². The number of rotatable bonds is 3. The van der Waals surface area contributed by atoms with Crippen molar-refractivity contribution in [3.05, 3.63) is 51.1 Å². The van der Waals surface area contributed by atoms with Crippen LogP contribution in [0.1, 0.15) is 11.5 Å². The third-order valence-electron chi connectivity index (χ3n) is 5.02. The van der Waals surface area contributed by atoms with Gasteiger partial charge < -0.3 is 14.3 Å². The number of nitrogens with zero attached hydrogens (tertiary/aromatic N) is 5. The van der Waals surface area contributed by atoms with Crippen LogP contribution in [0.3, 0.4) is 0 Å². The molecule has 0 radical (unpaired) electrons. The number of aromatic nitrogens is 3. The Bertz CT molecular complexity index is 1100. The Morgan fingerprint density at radius 2 is 1.96 bits per heavy atom. The molecule has 1 aromatic carbocycles. The Balaban J connectivity index is 1.46. The third-order valence-corrected chi connectivity index (χ3v) is 5.26. The van der Waals surface area contributed by atoms with Gasteiger partial charge in [-0.25, -0.2) is 4.68 Å². The van der Waals surface area contributed by atoms with E-state index in [-0.39, 0.29) is 18.0 Å². The highest BCUT2D eigenvalue weighted by atomic mass is 35.5. The Morgan fingerprint density at radius 1 is 1.21 bits per heavy atom. The van der Waals surface area contributed by atoms with Gasteiger partial charge in [-0.1, -0.05) is 22.8 Å². The van der Waals surface area contributed by atoms with Crippen molar-refractivity contribution in [3.63, 3.8) is 0 Å². The summed E-state index contributed by atoms with van der Waals surface area (Å²) in [5.41, 5.74) is 1.46. The zero-order valence-electron chi connectivity index (χ0n) is 15.7. The molecule has 0 saturated carbocycles. The Labute approximate surface area is 166 Å². The second-order valence-corrected chi connectivity index (χ2v) is 7.29. The van der Waals surface area contributed by atoms with Crippen molar-refractivity contribution in [1.29, 1.82) is 0 Å². The van der Waals surface area contributed by atoms with Crippen LogP contribution < -0.4 is 10.5 Å². The fourth-order valence-electron chi connectivity index (χ4n) is 3.57. The quantitative estimate of drug-likeness (QED) is 0.667. The van der Waals surface area contributed by atoms with Gasteiger partial charge >= 0.3 is 0 Å². The first-order chi connectivity index (χ1) is 13.4. The van der Waals surface area contributed by atoms with Crippen molar-refractivity contribution >= 4 is 34.1 Å². The molecular weight excluding hydrogens is 382 g/mol. The molecule has 0 aliphatic carbocycles. The summed E-state index contributed by atoms with van der Waals surface area (Å²) in [5.74, 6) is 0.409.